The number of amides is 1. The lowest BCUT2D eigenvalue weighted by molar-refractivity contribution is 0.00700. The van der Waals surface area contributed by atoms with Crippen molar-refractivity contribution in [2.45, 2.75) is 51.3 Å². The van der Waals surface area contributed by atoms with Crippen molar-refractivity contribution in [2.75, 3.05) is 39.8 Å². The number of nitrogens with one attached hydrogen (secondary N) is 2. The van der Waals surface area contributed by atoms with Gasteiger partial charge in [-0.2, -0.15) is 0 Å². The minimum Gasteiger partial charge on any atom is -0.468 e. The Kier molecular flexibility index (Phi) is 6.49. The van der Waals surface area contributed by atoms with Gasteiger partial charge in [0.25, 0.3) is 0 Å². The lowest BCUT2D eigenvalue weighted by Gasteiger charge is -2.40. The predicted molar refractivity (Wildman–Crippen MR) is 108 cm³/mol. The Bertz CT molecular complexity index is 656. The van der Waals surface area contributed by atoms with Crippen LogP contribution in [0.1, 0.15) is 45.4 Å². The Morgan fingerprint density at radius 1 is 1.36 bits per heavy atom. The van der Waals surface area contributed by atoms with Crippen LogP contribution in [0, 0.1) is 0 Å². The standard InChI is InChI=1S/C20H33N5O3/c1-20(2,3)28-19(26)25-13-15(14-25)23-18(21-4)22-12-16(17-8-7-11-27-17)24-9-5-6-10-24/h7-8,11,15-16H,5-6,9-10,12-14H2,1-4H3,(H2,21,22,23). The average molecular weight is 392 g/mol. The second-order valence-electron chi connectivity index (χ2n) is 8.45. The highest BCUT2D eigenvalue weighted by molar-refractivity contribution is 5.80. The second kappa shape index (κ2) is 8.86. The zero-order valence-electron chi connectivity index (χ0n) is 17.4. The van der Waals surface area contributed by atoms with Crippen LogP contribution < -0.4 is 10.6 Å². The molecule has 3 heterocycles. The van der Waals surface area contributed by atoms with Gasteiger partial charge >= 0.3 is 6.09 Å². The number of ether oxygens (including phenoxy) is 1. The lowest BCUT2D eigenvalue weighted by Crippen LogP contribution is -2.63. The number of carbonyl (C=O) groups is 1. The van der Waals surface area contributed by atoms with Gasteiger partial charge in [-0.05, 0) is 58.8 Å². The van der Waals surface area contributed by atoms with Gasteiger partial charge in [0.2, 0.25) is 0 Å². The van der Waals surface area contributed by atoms with E-state index in [1.807, 2.05) is 32.9 Å². The van der Waals surface area contributed by atoms with Crippen molar-refractivity contribution in [2.24, 2.45) is 4.99 Å². The summed E-state index contributed by atoms with van der Waals surface area (Å²) in [5.41, 5.74) is -0.469. The smallest absolute Gasteiger partial charge is 0.410 e. The maximum Gasteiger partial charge on any atom is 0.410 e. The van der Waals surface area contributed by atoms with Crippen LogP contribution in [0.3, 0.4) is 0 Å². The number of aliphatic imine (C=N–C) groups is 1. The fraction of sp³-hybridized carbons (Fsp3) is 0.700. The number of hydrogen-bond donors (Lipinski definition) is 2. The number of hydrogen-bond acceptors (Lipinski definition) is 5. The third-order valence-corrected chi connectivity index (χ3v) is 5.01. The maximum atomic E-state index is 12.0. The fourth-order valence-corrected chi connectivity index (χ4v) is 3.57. The molecule has 1 atom stereocenters. The molecule has 8 nitrogen and oxygen atoms in total. The Morgan fingerprint density at radius 3 is 2.64 bits per heavy atom. The van der Waals surface area contributed by atoms with Crippen molar-refractivity contribution in [3.8, 4) is 0 Å². The van der Waals surface area contributed by atoms with Crippen LogP contribution in [0.25, 0.3) is 0 Å². The molecule has 1 aromatic rings. The number of nitrogens with zero attached hydrogens (tertiary/aromatic N) is 3. The maximum absolute atomic E-state index is 12.0. The molecule has 2 fully saturated rings. The molecule has 0 bridgehead atoms. The quantitative estimate of drug-likeness (QED) is 0.592. The normalized spacial score (nSPS) is 20.0. The van der Waals surface area contributed by atoms with Gasteiger partial charge in [0, 0.05) is 26.7 Å². The van der Waals surface area contributed by atoms with Crippen molar-refractivity contribution < 1.29 is 13.9 Å². The zero-order valence-corrected chi connectivity index (χ0v) is 17.4. The molecule has 8 heteroatoms. The van der Waals surface area contributed by atoms with E-state index in [0.717, 1.165) is 31.4 Å². The summed E-state index contributed by atoms with van der Waals surface area (Å²) in [6, 6.07) is 4.33. The highest BCUT2D eigenvalue weighted by atomic mass is 16.6. The molecular formula is C20H33N5O3. The molecular weight excluding hydrogens is 358 g/mol. The molecule has 0 radical (unpaired) electrons. The second-order valence-corrected chi connectivity index (χ2v) is 8.45. The third-order valence-electron chi connectivity index (χ3n) is 5.01. The molecule has 1 aromatic heterocycles. The van der Waals surface area contributed by atoms with E-state index in [2.05, 4.69) is 20.5 Å². The van der Waals surface area contributed by atoms with E-state index in [9.17, 15) is 4.79 Å². The molecule has 0 aliphatic carbocycles. The summed E-state index contributed by atoms with van der Waals surface area (Å²) in [7, 11) is 1.76. The molecule has 3 rings (SSSR count). The summed E-state index contributed by atoms with van der Waals surface area (Å²) in [4.78, 5) is 20.5. The fourth-order valence-electron chi connectivity index (χ4n) is 3.57. The van der Waals surface area contributed by atoms with Crippen LogP contribution in [0.15, 0.2) is 27.8 Å². The molecule has 2 aliphatic rings. The first kappa shape index (κ1) is 20.5. The van der Waals surface area contributed by atoms with Gasteiger partial charge in [-0.25, -0.2) is 4.79 Å². The highest BCUT2D eigenvalue weighted by Crippen LogP contribution is 2.24. The molecule has 0 aromatic carbocycles. The molecule has 2 saturated heterocycles. The van der Waals surface area contributed by atoms with Crippen LogP contribution in [0.2, 0.25) is 0 Å². The number of furan rings is 1. The van der Waals surface area contributed by atoms with E-state index in [0.29, 0.717) is 13.1 Å². The van der Waals surface area contributed by atoms with Gasteiger partial charge in [-0.1, -0.05) is 0 Å². The zero-order chi connectivity index (χ0) is 20.1. The third kappa shape index (κ3) is 5.41. The molecule has 1 unspecified atom stereocenters. The van der Waals surface area contributed by atoms with Gasteiger partial charge in [-0.15, -0.1) is 0 Å². The number of guanidine groups is 1. The summed E-state index contributed by atoms with van der Waals surface area (Å²) < 4.78 is 11.1. The molecule has 0 spiro atoms. The number of likely N-dealkylation sites (tertiary alicyclic amines) is 2. The van der Waals surface area contributed by atoms with Crippen LogP contribution >= 0.6 is 0 Å². The first-order chi connectivity index (χ1) is 13.4. The van der Waals surface area contributed by atoms with Crippen molar-refractivity contribution in [3.63, 3.8) is 0 Å². The first-order valence-corrected chi connectivity index (χ1v) is 10.1. The van der Waals surface area contributed by atoms with Gasteiger partial charge < -0.3 is 24.7 Å². The molecule has 1 amide bonds. The monoisotopic (exact) mass is 391 g/mol. The van der Waals surface area contributed by atoms with Crippen LogP contribution in [-0.4, -0.2) is 73.3 Å². The topological polar surface area (TPSA) is 82.3 Å². The Balaban J connectivity index is 1.46. The van der Waals surface area contributed by atoms with E-state index in [1.165, 1.54) is 12.8 Å². The predicted octanol–water partition coefficient (Wildman–Crippen LogP) is 2.20. The highest BCUT2D eigenvalue weighted by Gasteiger charge is 2.34. The van der Waals surface area contributed by atoms with Gasteiger partial charge in [0.05, 0.1) is 18.3 Å². The van der Waals surface area contributed by atoms with Gasteiger partial charge in [0.15, 0.2) is 5.96 Å². The Hall–Kier alpha value is -2.22. The molecule has 0 saturated carbocycles. The van der Waals surface area contributed by atoms with Crippen molar-refractivity contribution >= 4 is 12.1 Å². The minimum absolute atomic E-state index is 0.174. The minimum atomic E-state index is -0.469. The van der Waals surface area contributed by atoms with Gasteiger partial charge in [0.1, 0.15) is 11.4 Å². The Morgan fingerprint density at radius 2 is 2.07 bits per heavy atom. The summed E-state index contributed by atoms with van der Waals surface area (Å²) >= 11 is 0. The summed E-state index contributed by atoms with van der Waals surface area (Å²) in [6.45, 7) is 9.76. The van der Waals surface area contributed by atoms with E-state index in [4.69, 9.17) is 9.15 Å². The van der Waals surface area contributed by atoms with E-state index >= 15 is 0 Å². The molecule has 2 aliphatic heterocycles. The first-order valence-electron chi connectivity index (χ1n) is 10.1. The van der Waals surface area contributed by atoms with Gasteiger partial charge in [-0.3, -0.25) is 9.89 Å². The molecule has 2 N–H and O–H groups in total. The van der Waals surface area contributed by atoms with Crippen LogP contribution in [-0.2, 0) is 4.74 Å². The van der Waals surface area contributed by atoms with E-state index in [1.54, 1.807) is 18.2 Å². The Labute approximate surface area is 167 Å². The average Bonchev–Trinajstić information content (AvgIpc) is 3.28. The summed E-state index contributed by atoms with van der Waals surface area (Å²) in [6.07, 6.45) is 3.92. The SMILES string of the molecule is CN=C(NCC(c1ccco1)N1CCCC1)NC1CN(C(=O)OC(C)(C)C)C1. The largest absolute Gasteiger partial charge is 0.468 e. The summed E-state index contributed by atoms with van der Waals surface area (Å²) in [5, 5.41) is 6.80. The summed E-state index contributed by atoms with van der Waals surface area (Å²) in [5.74, 6) is 1.72. The van der Waals surface area contributed by atoms with Crippen LogP contribution in [0.4, 0.5) is 4.79 Å². The molecule has 156 valence electrons. The van der Waals surface area contributed by atoms with Crippen LogP contribution in [0.5, 0.6) is 0 Å². The number of carbonyl (C=O) groups excluding carboxylic acids is 1. The van der Waals surface area contributed by atoms with E-state index in [-0.39, 0.29) is 18.2 Å². The van der Waals surface area contributed by atoms with E-state index < -0.39 is 5.60 Å². The lowest BCUT2D eigenvalue weighted by atomic mass is 10.1. The number of rotatable bonds is 5. The van der Waals surface area contributed by atoms with Crippen molar-refractivity contribution in [1.82, 2.24) is 20.4 Å². The molecule has 28 heavy (non-hydrogen) atoms. The van der Waals surface area contributed by atoms with Crippen molar-refractivity contribution in [3.05, 3.63) is 24.2 Å². The van der Waals surface area contributed by atoms with Crippen molar-refractivity contribution in [1.29, 1.82) is 0 Å².